The number of nitrogens with one attached hydrogen (secondary N) is 2. The van der Waals surface area contributed by atoms with Crippen molar-refractivity contribution >= 4 is 28.9 Å². The summed E-state index contributed by atoms with van der Waals surface area (Å²) in [6, 6.07) is 24.3. The van der Waals surface area contributed by atoms with E-state index in [0.29, 0.717) is 35.7 Å². The molecule has 3 N–H and O–H groups in total. The van der Waals surface area contributed by atoms with Gasteiger partial charge >= 0.3 is 5.97 Å². The van der Waals surface area contributed by atoms with Crippen LogP contribution in [0, 0.1) is 5.82 Å². The first-order valence-electron chi connectivity index (χ1n) is 12.3. The first kappa shape index (κ1) is 24.9. The Morgan fingerprint density at radius 2 is 1.89 bits per heavy atom. The molecule has 4 aromatic rings. The molecule has 2 heterocycles. The summed E-state index contributed by atoms with van der Waals surface area (Å²) in [5.74, 6) is -0.181. The van der Waals surface area contributed by atoms with Crippen molar-refractivity contribution in [2.24, 2.45) is 0 Å². The number of allylic oxidation sites excluding steroid dienone is 1. The maximum absolute atomic E-state index is 16.0. The number of hydrogen-bond acceptors (Lipinski definition) is 5. The van der Waals surface area contributed by atoms with Crippen molar-refractivity contribution in [3.63, 3.8) is 0 Å². The summed E-state index contributed by atoms with van der Waals surface area (Å²) in [5.41, 5.74) is 12.0. The Bertz CT molecular complexity index is 1530. The van der Waals surface area contributed by atoms with Crippen LogP contribution in [-0.4, -0.2) is 16.1 Å². The molecule has 0 radical (unpaired) electrons. The molecule has 190 valence electrons. The Kier molecular flexibility index (Phi) is 7.28. The Morgan fingerprint density at radius 1 is 1.05 bits per heavy atom. The highest BCUT2D eigenvalue weighted by Gasteiger charge is 2.22. The number of aliphatic carboxylic acids is 1. The molecule has 0 aliphatic carbocycles. The summed E-state index contributed by atoms with van der Waals surface area (Å²) in [6.07, 6.45) is 4.93. The molecule has 38 heavy (non-hydrogen) atoms. The van der Waals surface area contributed by atoms with Crippen molar-refractivity contribution in [2.75, 3.05) is 5.43 Å². The van der Waals surface area contributed by atoms with Crippen LogP contribution in [0.2, 0.25) is 0 Å². The molecule has 0 spiro atoms. The van der Waals surface area contributed by atoms with Crippen molar-refractivity contribution in [3.8, 4) is 11.6 Å². The summed E-state index contributed by atoms with van der Waals surface area (Å²) in [5, 5.41) is 8.96. The van der Waals surface area contributed by atoms with Gasteiger partial charge in [-0.2, -0.15) is 0 Å². The van der Waals surface area contributed by atoms with Crippen LogP contribution >= 0.6 is 0 Å². The van der Waals surface area contributed by atoms with Crippen LogP contribution in [0.4, 0.5) is 10.1 Å². The molecule has 1 aliphatic heterocycles. The summed E-state index contributed by atoms with van der Waals surface area (Å²) in [4.78, 5) is 15.2. The van der Waals surface area contributed by atoms with Crippen molar-refractivity contribution in [2.45, 2.75) is 19.9 Å². The van der Waals surface area contributed by atoms with Gasteiger partial charge in [0.1, 0.15) is 11.6 Å². The highest BCUT2D eigenvalue weighted by Crippen LogP contribution is 2.39. The summed E-state index contributed by atoms with van der Waals surface area (Å²) in [6.45, 7) is 2.43. The minimum atomic E-state index is -1.02. The zero-order valence-electron chi connectivity index (χ0n) is 20.7. The smallest absolute Gasteiger partial charge is 0.328 e. The van der Waals surface area contributed by atoms with Crippen molar-refractivity contribution in [1.82, 2.24) is 10.4 Å². The van der Waals surface area contributed by atoms with Gasteiger partial charge in [-0.1, -0.05) is 49.4 Å². The topological polar surface area (TPSA) is 83.5 Å². The number of nitrogens with zero attached hydrogens (tertiary/aromatic N) is 1. The number of halogens is 1. The van der Waals surface area contributed by atoms with E-state index in [1.165, 1.54) is 6.08 Å². The lowest BCUT2D eigenvalue weighted by Crippen LogP contribution is -2.10. The third-order valence-electron chi connectivity index (χ3n) is 6.32. The standard InChI is InChI=1S/C31H26FN3O3/c1-2-24(22-6-5-7-23(18-22)38-28-8-3-4-17-33-28)30(21-12-9-20(10-13-21)11-16-29(36)37)25-14-15-27-26(31(25)32)19-34-35-27/h3-18,34-35H,2,19H2,1H3,(H,36,37)/b16-11+,30-24+. The van der Waals surface area contributed by atoms with E-state index in [4.69, 9.17) is 9.84 Å². The lowest BCUT2D eigenvalue weighted by molar-refractivity contribution is -0.131. The lowest BCUT2D eigenvalue weighted by atomic mass is 9.86. The predicted octanol–water partition coefficient (Wildman–Crippen LogP) is 6.91. The van der Waals surface area contributed by atoms with Crippen LogP contribution in [0.15, 0.2) is 91.1 Å². The van der Waals surface area contributed by atoms with Gasteiger partial charge in [-0.15, -0.1) is 0 Å². The number of carboxylic acid groups (broad SMARTS) is 1. The number of rotatable bonds is 8. The lowest BCUT2D eigenvalue weighted by Gasteiger charge is -2.19. The third-order valence-corrected chi connectivity index (χ3v) is 6.32. The normalized spacial score (nSPS) is 13.1. The van der Waals surface area contributed by atoms with Gasteiger partial charge in [-0.3, -0.25) is 0 Å². The fraction of sp³-hybridized carbons (Fsp3) is 0.0968. The molecule has 0 fully saturated rings. The first-order valence-corrected chi connectivity index (χ1v) is 12.3. The van der Waals surface area contributed by atoms with Crippen molar-refractivity contribution < 1.29 is 19.0 Å². The zero-order chi connectivity index (χ0) is 26.5. The number of carbonyl (C=O) groups is 1. The van der Waals surface area contributed by atoms with Crippen LogP contribution < -0.4 is 15.6 Å². The van der Waals surface area contributed by atoms with Gasteiger partial charge in [0, 0.05) is 36.0 Å². The van der Waals surface area contributed by atoms with Crippen LogP contribution in [0.25, 0.3) is 17.2 Å². The van der Waals surface area contributed by atoms with Gasteiger partial charge < -0.3 is 15.3 Å². The predicted molar refractivity (Wildman–Crippen MR) is 147 cm³/mol. The largest absolute Gasteiger partial charge is 0.478 e. The van der Waals surface area contributed by atoms with Gasteiger partial charge in [0.15, 0.2) is 0 Å². The maximum atomic E-state index is 16.0. The molecule has 0 bridgehead atoms. The Hall–Kier alpha value is -4.75. The third kappa shape index (κ3) is 5.33. The summed E-state index contributed by atoms with van der Waals surface area (Å²) < 4.78 is 21.9. The van der Waals surface area contributed by atoms with Gasteiger partial charge in [0.05, 0.1) is 5.69 Å². The molecule has 0 atom stereocenters. The number of ether oxygens (including phenoxy) is 1. The molecule has 0 saturated heterocycles. The van der Waals surface area contributed by atoms with E-state index in [1.54, 1.807) is 18.3 Å². The van der Waals surface area contributed by atoms with E-state index in [0.717, 1.165) is 39.6 Å². The number of hydrazine groups is 1. The molecule has 7 heteroatoms. The van der Waals surface area contributed by atoms with Crippen LogP contribution in [-0.2, 0) is 11.3 Å². The Balaban J connectivity index is 1.65. The Labute approximate surface area is 220 Å². The Morgan fingerprint density at radius 3 is 2.63 bits per heavy atom. The van der Waals surface area contributed by atoms with E-state index < -0.39 is 5.97 Å². The second-order valence-corrected chi connectivity index (χ2v) is 8.73. The number of fused-ring (bicyclic) bond motifs is 1. The summed E-state index contributed by atoms with van der Waals surface area (Å²) >= 11 is 0. The molecule has 0 amide bonds. The number of hydrogen-bond donors (Lipinski definition) is 3. The van der Waals surface area contributed by atoms with E-state index >= 15 is 4.39 Å². The number of anilines is 1. The highest BCUT2D eigenvalue weighted by atomic mass is 19.1. The molecule has 3 aromatic carbocycles. The second-order valence-electron chi connectivity index (χ2n) is 8.73. The van der Waals surface area contributed by atoms with Gasteiger partial charge in [-0.05, 0) is 70.7 Å². The van der Waals surface area contributed by atoms with Crippen LogP contribution in [0.5, 0.6) is 11.6 Å². The van der Waals surface area contributed by atoms with E-state index in [1.807, 2.05) is 73.7 Å². The van der Waals surface area contributed by atoms with E-state index in [-0.39, 0.29) is 5.82 Å². The minimum Gasteiger partial charge on any atom is -0.478 e. The molecule has 1 aromatic heterocycles. The van der Waals surface area contributed by atoms with Crippen molar-refractivity contribution in [3.05, 3.63) is 125 Å². The fourth-order valence-electron chi connectivity index (χ4n) is 4.55. The molecule has 6 nitrogen and oxygen atoms in total. The maximum Gasteiger partial charge on any atom is 0.328 e. The number of carboxylic acids is 1. The second kappa shape index (κ2) is 11.1. The quantitative estimate of drug-likeness (QED) is 0.178. The fourth-order valence-corrected chi connectivity index (χ4v) is 4.55. The molecule has 5 rings (SSSR count). The molecule has 0 unspecified atom stereocenters. The van der Waals surface area contributed by atoms with Gasteiger partial charge in [-0.25, -0.2) is 19.6 Å². The zero-order valence-corrected chi connectivity index (χ0v) is 20.7. The molecular weight excluding hydrogens is 481 g/mol. The average Bonchev–Trinajstić information content (AvgIpc) is 3.42. The minimum absolute atomic E-state index is 0.281. The van der Waals surface area contributed by atoms with Gasteiger partial charge in [0.25, 0.3) is 0 Å². The average molecular weight is 508 g/mol. The monoisotopic (exact) mass is 507 g/mol. The SMILES string of the molecule is CC/C(=C(/c1ccc(/C=C/C(=O)O)cc1)c1ccc2c(c1F)CNN2)c1cccc(Oc2ccccn2)c1. The molecular formula is C31H26FN3O3. The van der Waals surface area contributed by atoms with Crippen LogP contribution in [0.1, 0.15) is 41.2 Å². The molecule has 0 saturated carbocycles. The number of benzene rings is 3. The first-order chi connectivity index (χ1) is 18.5. The highest BCUT2D eigenvalue weighted by molar-refractivity contribution is 5.99. The summed E-state index contributed by atoms with van der Waals surface area (Å²) in [7, 11) is 0. The van der Waals surface area contributed by atoms with Crippen LogP contribution in [0.3, 0.4) is 0 Å². The van der Waals surface area contributed by atoms with E-state index in [9.17, 15) is 4.79 Å². The van der Waals surface area contributed by atoms with E-state index in [2.05, 4.69) is 15.8 Å². The van der Waals surface area contributed by atoms with Gasteiger partial charge in [0.2, 0.25) is 5.88 Å². The van der Waals surface area contributed by atoms with Crippen molar-refractivity contribution in [1.29, 1.82) is 0 Å². The molecule has 1 aliphatic rings. The number of aromatic nitrogens is 1. The number of pyridine rings is 1.